The maximum absolute atomic E-state index is 13.7. The van der Waals surface area contributed by atoms with Gasteiger partial charge in [0.15, 0.2) is 0 Å². The molecular weight excluding hydrogens is 506 g/mol. The number of likely N-dealkylation sites (tertiary alicyclic amines) is 1. The van der Waals surface area contributed by atoms with E-state index >= 15 is 0 Å². The molecule has 10 nitrogen and oxygen atoms in total. The van der Waals surface area contributed by atoms with Gasteiger partial charge in [0, 0.05) is 30.1 Å². The number of carbonyl (C=O) groups excluding carboxylic acids is 3. The highest BCUT2D eigenvalue weighted by atomic mass is 32.2. The van der Waals surface area contributed by atoms with Crippen molar-refractivity contribution in [3.63, 3.8) is 0 Å². The number of fused-ring (bicyclic) bond motifs is 1. The van der Waals surface area contributed by atoms with Gasteiger partial charge in [0.25, 0.3) is 0 Å². The van der Waals surface area contributed by atoms with E-state index in [1.165, 1.54) is 4.90 Å². The van der Waals surface area contributed by atoms with Gasteiger partial charge in [-0.2, -0.15) is 11.8 Å². The lowest BCUT2D eigenvalue weighted by molar-refractivity contribution is -0.149. The summed E-state index contributed by atoms with van der Waals surface area (Å²) in [6.07, 6.45) is 5.91. The summed E-state index contributed by atoms with van der Waals surface area (Å²) in [5.74, 6) is -1.85. The van der Waals surface area contributed by atoms with Crippen LogP contribution in [0.15, 0.2) is 30.5 Å². The monoisotopic (exact) mass is 545 g/mol. The lowest BCUT2D eigenvalue weighted by Crippen LogP contribution is -2.58. The Kier molecular flexibility index (Phi) is 10.6. The van der Waals surface area contributed by atoms with Crippen LogP contribution < -0.4 is 16.4 Å². The standard InChI is InChI=1S/C27H39N5O5S/c1-4-16(2)23(28)25(34)30-20(11-13-38-3)24(33)31-21(26(35)32-12-7-10-22(32)27(36)37)14-17-15-29-19-9-6-5-8-18(17)19/h5-6,8-9,15-16,20-23,29H,4,7,10-14,28H2,1-3H3,(H,30,34)(H,31,33)(H,36,37). The third-order valence-electron chi connectivity index (χ3n) is 7.34. The summed E-state index contributed by atoms with van der Waals surface area (Å²) in [4.78, 5) is 56.3. The Labute approximate surface area is 227 Å². The molecule has 1 aliphatic rings. The molecule has 0 spiro atoms. The van der Waals surface area contributed by atoms with Gasteiger partial charge in [0.05, 0.1) is 6.04 Å². The average Bonchev–Trinajstić information content (AvgIpc) is 3.57. The van der Waals surface area contributed by atoms with E-state index in [-0.39, 0.29) is 12.3 Å². The molecular formula is C27H39N5O5S. The molecule has 208 valence electrons. The molecule has 1 aromatic carbocycles. The van der Waals surface area contributed by atoms with Crippen molar-refractivity contribution in [2.75, 3.05) is 18.6 Å². The first kappa shape index (κ1) is 29.5. The SMILES string of the molecule is CCC(C)C(N)C(=O)NC(CCSC)C(=O)NC(Cc1c[nH]c2ccccc12)C(=O)N1CCCC1C(=O)O. The van der Waals surface area contributed by atoms with Crippen LogP contribution in [-0.4, -0.2) is 81.4 Å². The van der Waals surface area contributed by atoms with Crippen molar-refractivity contribution in [2.24, 2.45) is 11.7 Å². The highest BCUT2D eigenvalue weighted by molar-refractivity contribution is 7.98. The normalized spacial score (nSPS) is 18.5. The number of rotatable bonds is 13. The molecule has 0 saturated carbocycles. The predicted molar refractivity (Wildman–Crippen MR) is 149 cm³/mol. The van der Waals surface area contributed by atoms with E-state index in [1.54, 1.807) is 18.0 Å². The van der Waals surface area contributed by atoms with Crippen molar-refractivity contribution in [2.45, 2.75) is 70.1 Å². The van der Waals surface area contributed by atoms with E-state index in [0.717, 1.165) is 22.9 Å². The Hall–Kier alpha value is -3.05. The number of hydrogen-bond donors (Lipinski definition) is 5. The van der Waals surface area contributed by atoms with Crippen molar-refractivity contribution < 1.29 is 24.3 Å². The molecule has 38 heavy (non-hydrogen) atoms. The number of hydrogen-bond acceptors (Lipinski definition) is 6. The Morgan fingerprint density at radius 2 is 1.89 bits per heavy atom. The number of aromatic amines is 1. The Morgan fingerprint density at radius 3 is 2.58 bits per heavy atom. The summed E-state index contributed by atoms with van der Waals surface area (Å²) in [6, 6.07) is 4.08. The Morgan fingerprint density at radius 1 is 1.18 bits per heavy atom. The molecule has 6 N–H and O–H groups in total. The van der Waals surface area contributed by atoms with E-state index in [4.69, 9.17) is 5.73 Å². The van der Waals surface area contributed by atoms with Crippen LogP contribution in [0.2, 0.25) is 0 Å². The lowest BCUT2D eigenvalue weighted by Gasteiger charge is -2.29. The first-order chi connectivity index (χ1) is 18.2. The van der Waals surface area contributed by atoms with Crippen molar-refractivity contribution in [1.82, 2.24) is 20.5 Å². The molecule has 2 heterocycles. The fraction of sp³-hybridized carbons (Fsp3) is 0.556. The largest absolute Gasteiger partial charge is 0.480 e. The van der Waals surface area contributed by atoms with Crippen molar-refractivity contribution in [1.29, 1.82) is 0 Å². The predicted octanol–water partition coefficient (Wildman–Crippen LogP) is 1.88. The number of benzene rings is 1. The zero-order valence-electron chi connectivity index (χ0n) is 22.2. The smallest absolute Gasteiger partial charge is 0.326 e. The number of amides is 3. The molecule has 0 radical (unpaired) electrons. The van der Waals surface area contributed by atoms with Gasteiger partial charge in [0.1, 0.15) is 18.1 Å². The number of aliphatic carboxylic acids is 1. The summed E-state index contributed by atoms with van der Waals surface area (Å²) >= 11 is 1.54. The zero-order chi connectivity index (χ0) is 27.8. The highest BCUT2D eigenvalue weighted by Gasteiger charge is 2.38. The average molecular weight is 546 g/mol. The number of carboxylic acids is 1. The zero-order valence-corrected chi connectivity index (χ0v) is 23.1. The van der Waals surface area contributed by atoms with Crippen molar-refractivity contribution in [3.8, 4) is 0 Å². The summed E-state index contributed by atoms with van der Waals surface area (Å²) < 4.78 is 0. The minimum absolute atomic E-state index is 0.0569. The molecule has 1 saturated heterocycles. The maximum Gasteiger partial charge on any atom is 0.326 e. The number of H-pyrrole nitrogens is 1. The lowest BCUT2D eigenvalue weighted by atomic mass is 9.99. The van der Waals surface area contributed by atoms with Crippen LogP contribution in [0, 0.1) is 5.92 Å². The summed E-state index contributed by atoms with van der Waals surface area (Å²) in [5.41, 5.74) is 7.82. The van der Waals surface area contributed by atoms with Crippen LogP contribution in [0.25, 0.3) is 10.9 Å². The molecule has 0 aliphatic carbocycles. The minimum Gasteiger partial charge on any atom is -0.480 e. The number of carboxylic acid groups (broad SMARTS) is 1. The van der Waals surface area contributed by atoms with Gasteiger partial charge in [-0.05, 0) is 48.8 Å². The second-order valence-electron chi connectivity index (χ2n) is 9.91. The van der Waals surface area contributed by atoms with Crippen molar-refractivity contribution in [3.05, 3.63) is 36.0 Å². The van der Waals surface area contributed by atoms with Crippen LogP contribution in [0.5, 0.6) is 0 Å². The van der Waals surface area contributed by atoms with Crippen LogP contribution >= 0.6 is 11.8 Å². The first-order valence-electron chi connectivity index (χ1n) is 13.1. The molecule has 1 aliphatic heterocycles. The molecule has 1 aromatic heterocycles. The number of nitrogens with two attached hydrogens (primary N) is 1. The first-order valence-corrected chi connectivity index (χ1v) is 14.5. The Bertz CT molecular complexity index is 1140. The van der Waals surface area contributed by atoms with Gasteiger partial charge in [0.2, 0.25) is 17.7 Å². The van der Waals surface area contributed by atoms with Gasteiger partial charge >= 0.3 is 5.97 Å². The molecule has 2 aromatic rings. The minimum atomic E-state index is -1.06. The summed E-state index contributed by atoms with van der Waals surface area (Å²) in [5, 5.41) is 16.2. The molecule has 3 amide bonds. The summed E-state index contributed by atoms with van der Waals surface area (Å²) in [7, 11) is 0. The number of thioether (sulfide) groups is 1. The number of nitrogens with zero attached hydrogens (tertiary/aromatic N) is 1. The van der Waals surface area contributed by atoms with Gasteiger partial charge in [-0.25, -0.2) is 4.79 Å². The topological polar surface area (TPSA) is 158 Å². The van der Waals surface area contributed by atoms with Crippen LogP contribution in [0.1, 0.15) is 45.1 Å². The molecule has 5 unspecified atom stereocenters. The van der Waals surface area contributed by atoms with Crippen LogP contribution in [-0.2, 0) is 25.6 Å². The quantitative estimate of drug-likeness (QED) is 0.257. The molecule has 3 rings (SSSR count). The van der Waals surface area contributed by atoms with E-state index in [9.17, 15) is 24.3 Å². The third-order valence-corrected chi connectivity index (χ3v) is 7.98. The van der Waals surface area contributed by atoms with E-state index in [0.29, 0.717) is 31.6 Å². The van der Waals surface area contributed by atoms with Gasteiger partial charge < -0.3 is 31.4 Å². The van der Waals surface area contributed by atoms with Gasteiger partial charge in [-0.1, -0.05) is 38.5 Å². The number of carbonyl (C=O) groups is 4. The van der Waals surface area contributed by atoms with E-state index in [2.05, 4.69) is 15.6 Å². The molecule has 0 bridgehead atoms. The van der Waals surface area contributed by atoms with Crippen LogP contribution in [0.4, 0.5) is 0 Å². The molecule has 5 atom stereocenters. The van der Waals surface area contributed by atoms with Crippen LogP contribution in [0.3, 0.4) is 0 Å². The number of aromatic nitrogens is 1. The maximum atomic E-state index is 13.7. The number of para-hydroxylation sites is 1. The fourth-order valence-corrected chi connectivity index (χ4v) is 5.24. The van der Waals surface area contributed by atoms with E-state index in [1.807, 2.05) is 44.4 Å². The Balaban J connectivity index is 1.86. The second kappa shape index (κ2) is 13.7. The summed E-state index contributed by atoms with van der Waals surface area (Å²) in [6.45, 7) is 4.14. The van der Waals surface area contributed by atoms with E-state index < -0.39 is 47.9 Å². The molecule has 1 fully saturated rings. The molecule has 11 heteroatoms. The fourth-order valence-electron chi connectivity index (χ4n) is 4.77. The third kappa shape index (κ3) is 7.08. The highest BCUT2D eigenvalue weighted by Crippen LogP contribution is 2.23. The van der Waals surface area contributed by atoms with Gasteiger partial charge in [-0.3, -0.25) is 14.4 Å². The van der Waals surface area contributed by atoms with Gasteiger partial charge in [-0.15, -0.1) is 0 Å². The van der Waals surface area contributed by atoms with Crippen molar-refractivity contribution >= 4 is 46.4 Å². The number of nitrogens with one attached hydrogen (secondary N) is 3. The second-order valence-corrected chi connectivity index (χ2v) is 10.9.